The molecule has 1 saturated carbocycles. The third-order valence-corrected chi connectivity index (χ3v) is 6.68. The molecule has 1 aromatic carbocycles. The minimum Gasteiger partial charge on any atom is -0.486 e. The van der Waals surface area contributed by atoms with E-state index in [4.69, 9.17) is 9.47 Å². The summed E-state index contributed by atoms with van der Waals surface area (Å²) in [6.07, 6.45) is 9.45. The molecule has 0 N–H and O–H groups in total. The van der Waals surface area contributed by atoms with Crippen molar-refractivity contribution in [2.75, 3.05) is 19.0 Å². The number of fused-ring (bicyclic) bond motifs is 1. The highest BCUT2D eigenvalue weighted by molar-refractivity contribution is 7.99. The van der Waals surface area contributed by atoms with Gasteiger partial charge >= 0.3 is 0 Å². The molecule has 0 amide bonds. The van der Waals surface area contributed by atoms with Gasteiger partial charge < -0.3 is 9.47 Å². The Morgan fingerprint density at radius 1 is 1.00 bits per heavy atom. The molecular weight excluding hydrogens is 412 g/mol. The Bertz CT molecular complexity index is 1060. The van der Waals surface area contributed by atoms with Crippen molar-refractivity contribution in [2.45, 2.75) is 43.3 Å². The van der Waals surface area contributed by atoms with Gasteiger partial charge in [-0.2, -0.15) is 0 Å². The van der Waals surface area contributed by atoms with E-state index in [-0.39, 0.29) is 5.78 Å². The number of benzene rings is 1. The van der Waals surface area contributed by atoms with Gasteiger partial charge in [-0.25, -0.2) is 0 Å². The van der Waals surface area contributed by atoms with Gasteiger partial charge in [0.15, 0.2) is 28.3 Å². The number of Topliss-reactive ketones (excluding diaryl/α,β-unsaturated/α-hetero) is 1. The predicted octanol–water partition coefficient (Wildman–Crippen LogP) is 4.59. The van der Waals surface area contributed by atoms with Crippen molar-refractivity contribution in [3.63, 3.8) is 0 Å². The average Bonchev–Trinajstić information content (AvgIpc) is 3.27. The highest BCUT2D eigenvalue weighted by Gasteiger charge is 2.24. The molecule has 3 aromatic rings. The third-order valence-electron chi connectivity index (χ3n) is 5.74. The Morgan fingerprint density at radius 3 is 2.58 bits per heavy atom. The van der Waals surface area contributed by atoms with E-state index >= 15 is 0 Å². The molecule has 0 bridgehead atoms. The van der Waals surface area contributed by atoms with E-state index in [0.717, 1.165) is 29.4 Å². The van der Waals surface area contributed by atoms with Crippen LogP contribution in [0.5, 0.6) is 11.5 Å². The average molecular weight is 437 g/mol. The molecule has 0 saturated heterocycles. The third kappa shape index (κ3) is 4.30. The zero-order valence-corrected chi connectivity index (χ0v) is 18.0. The maximum absolute atomic E-state index is 12.9. The highest BCUT2D eigenvalue weighted by Crippen LogP contribution is 2.36. The largest absolute Gasteiger partial charge is 0.486 e. The second kappa shape index (κ2) is 9.09. The number of hydrogen-bond donors (Lipinski definition) is 0. The fourth-order valence-corrected chi connectivity index (χ4v) is 5.07. The summed E-state index contributed by atoms with van der Waals surface area (Å²) in [7, 11) is 0. The standard InChI is InChI=1S/C23H24N4O3S/c28-19(17-6-7-20-21(14-17)30-13-12-29-20)15-31-23-26-25-22(16-8-10-24-11-9-16)27(23)18-4-2-1-3-5-18/h6-11,14,18H,1-5,12-13,15H2. The molecule has 0 radical (unpaired) electrons. The number of ether oxygens (including phenoxy) is 2. The monoisotopic (exact) mass is 436 g/mol. The topological polar surface area (TPSA) is 79.1 Å². The molecule has 2 aliphatic rings. The van der Waals surface area contributed by atoms with Crippen molar-refractivity contribution in [3.05, 3.63) is 48.3 Å². The van der Waals surface area contributed by atoms with Crippen molar-refractivity contribution >= 4 is 17.5 Å². The molecular formula is C23H24N4O3S. The number of rotatable bonds is 6. The first kappa shape index (κ1) is 20.1. The van der Waals surface area contributed by atoms with Crippen molar-refractivity contribution in [3.8, 4) is 22.9 Å². The molecule has 1 aliphatic carbocycles. The first-order chi connectivity index (χ1) is 15.3. The van der Waals surface area contributed by atoms with Crippen LogP contribution in [-0.2, 0) is 0 Å². The van der Waals surface area contributed by atoms with E-state index in [2.05, 4.69) is 19.7 Å². The summed E-state index contributed by atoms with van der Waals surface area (Å²) in [6, 6.07) is 9.64. The lowest BCUT2D eigenvalue weighted by atomic mass is 9.95. The first-order valence-electron chi connectivity index (χ1n) is 10.7. The Balaban J connectivity index is 1.37. The molecule has 8 heteroatoms. The first-order valence-corrected chi connectivity index (χ1v) is 11.7. The molecule has 0 atom stereocenters. The van der Waals surface area contributed by atoms with Crippen molar-refractivity contribution in [1.82, 2.24) is 19.7 Å². The van der Waals surface area contributed by atoms with Crippen LogP contribution in [0.15, 0.2) is 47.9 Å². The summed E-state index contributed by atoms with van der Waals surface area (Å²) in [5, 5.41) is 9.74. The molecule has 1 fully saturated rings. The number of thioether (sulfide) groups is 1. The van der Waals surface area contributed by atoms with Crippen LogP contribution >= 0.6 is 11.8 Å². The Morgan fingerprint density at radius 2 is 1.77 bits per heavy atom. The lowest BCUT2D eigenvalue weighted by Gasteiger charge is -2.25. The summed E-state index contributed by atoms with van der Waals surface area (Å²) in [5.41, 5.74) is 1.62. The predicted molar refractivity (Wildman–Crippen MR) is 118 cm³/mol. The molecule has 0 unspecified atom stereocenters. The van der Waals surface area contributed by atoms with E-state index < -0.39 is 0 Å². The molecule has 31 heavy (non-hydrogen) atoms. The normalized spacial score (nSPS) is 16.3. The highest BCUT2D eigenvalue weighted by atomic mass is 32.2. The van der Waals surface area contributed by atoms with Gasteiger partial charge in [-0.1, -0.05) is 31.0 Å². The summed E-state index contributed by atoms with van der Waals surface area (Å²) >= 11 is 1.45. The van der Waals surface area contributed by atoms with Gasteiger partial charge in [0.05, 0.1) is 5.75 Å². The van der Waals surface area contributed by atoms with Gasteiger partial charge in [0.1, 0.15) is 13.2 Å². The minimum absolute atomic E-state index is 0.0330. The molecule has 160 valence electrons. The summed E-state index contributed by atoms with van der Waals surface area (Å²) in [4.78, 5) is 17.0. The molecule has 0 spiro atoms. The fourth-order valence-electron chi connectivity index (χ4n) is 4.17. The zero-order chi connectivity index (χ0) is 21.0. The lowest BCUT2D eigenvalue weighted by Crippen LogP contribution is -2.16. The molecule has 7 nitrogen and oxygen atoms in total. The molecule has 1 aliphatic heterocycles. The zero-order valence-electron chi connectivity index (χ0n) is 17.2. The van der Waals surface area contributed by atoms with E-state index in [9.17, 15) is 4.79 Å². The maximum Gasteiger partial charge on any atom is 0.192 e. The number of nitrogens with zero attached hydrogens (tertiary/aromatic N) is 4. The van der Waals surface area contributed by atoms with Crippen molar-refractivity contribution < 1.29 is 14.3 Å². The van der Waals surface area contributed by atoms with Gasteiger partial charge in [0.25, 0.3) is 0 Å². The van der Waals surface area contributed by atoms with Gasteiger partial charge in [0.2, 0.25) is 0 Å². The molecule has 5 rings (SSSR count). The smallest absolute Gasteiger partial charge is 0.192 e. The SMILES string of the molecule is O=C(CSc1nnc(-c2ccncc2)n1C1CCCCC1)c1ccc2c(c1)OCCO2. The van der Waals surface area contributed by atoms with Crippen molar-refractivity contribution in [2.24, 2.45) is 0 Å². The van der Waals surface area contributed by atoms with Crippen LogP contribution in [0.4, 0.5) is 0 Å². The van der Waals surface area contributed by atoms with Gasteiger partial charge in [-0.15, -0.1) is 10.2 Å². The van der Waals surface area contributed by atoms with E-state index in [1.807, 2.05) is 12.1 Å². The lowest BCUT2D eigenvalue weighted by molar-refractivity contribution is 0.102. The van der Waals surface area contributed by atoms with Crippen molar-refractivity contribution in [1.29, 1.82) is 0 Å². The number of aromatic nitrogens is 4. The van der Waals surface area contributed by atoms with Gasteiger partial charge in [-0.3, -0.25) is 14.3 Å². The van der Waals surface area contributed by atoms with Crippen LogP contribution in [-0.4, -0.2) is 44.5 Å². The number of carbonyl (C=O) groups excluding carboxylic acids is 1. The van der Waals surface area contributed by atoms with E-state index in [0.29, 0.717) is 42.1 Å². The number of ketones is 1. The number of pyridine rings is 1. The molecule has 2 aromatic heterocycles. The summed E-state index contributed by atoms with van der Waals surface area (Å²) in [6.45, 7) is 1.04. The second-order valence-electron chi connectivity index (χ2n) is 7.77. The Labute approximate surface area is 185 Å². The summed E-state index contributed by atoms with van der Waals surface area (Å²) < 4.78 is 13.4. The Kier molecular flexibility index (Phi) is 5.88. The summed E-state index contributed by atoms with van der Waals surface area (Å²) in [5.74, 6) is 2.50. The second-order valence-corrected chi connectivity index (χ2v) is 8.72. The van der Waals surface area contributed by atoms with Crippen LogP contribution < -0.4 is 9.47 Å². The van der Waals surface area contributed by atoms with Crippen LogP contribution in [0.1, 0.15) is 48.5 Å². The van der Waals surface area contributed by atoms with E-state index in [1.165, 1.54) is 31.0 Å². The van der Waals surface area contributed by atoms with Gasteiger partial charge in [0, 0.05) is 29.6 Å². The van der Waals surface area contributed by atoms with E-state index in [1.54, 1.807) is 30.6 Å². The number of hydrogen-bond acceptors (Lipinski definition) is 7. The fraction of sp³-hybridized carbons (Fsp3) is 0.391. The number of carbonyl (C=O) groups is 1. The van der Waals surface area contributed by atoms with Crippen LogP contribution in [0.3, 0.4) is 0 Å². The quantitative estimate of drug-likeness (QED) is 0.413. The van der Waals surface area contributed by atoms with Gasteiger partial charge in [-0.05, 0) is 43.2 Å². The minimum atomic E-state index is 0.0330. The Hall–Kier alpha value is -2.87. The maximum atomic E-state index is 12.9. The van der Waals surface area contributed by atoms with Crippen LogP contribution in [0.25, 0.3) is 11.4 Å². The van der Waals surface area contributed by atoms with Crippen LogP contribution in [0.2, 0.25) is 0 Å². The molecule has 3 heterocycles. The van der Waals surface area contributed by atoms with Crippen LogP contribution in [0, 0.1) is 0 Å².